The van der Waals surface area contributed by atoms with Crippen LogP contribution in [0.3, 0.4) is 0 Å². The Morgan fingerprint density at radius 1 is 1.50 bits per heavy atom. The van der Waals surface area contributed by atoms with E-state index in [1.807, 2.05) is 0 Å². The van der Waals surface area contributed by atoms with Crippen LogP contribution in [0.1, 0.15) is 13.3 Å². The number of ether oxygens (including phenoxy) is 1. The highest BCUT2D eigenvalue weighted by molar-refractivity contribution is 6.42. The van der Waals surface area contributed by atoms with Gasteiger partial charge in [-0.05, 0) is 12.5 Å². The van der Waals surface area contributed by atoms with Crippen LogP contribution in [0.5, 0.6) is 5.88 Å². The summed E-state index contributed by atoms with van der Waals surface area (Å²) in [7, 11) is 0. The maximum Gasteiger partial charge on any atom is 0.344 e. The van der Waals surface area contributed by atoms with Crippen molar-refractivity contribution >= 4 is 40.8 Å². The zero-order valence-corrected chi connectivity index (χ0v) is 10.5. The van der Waals surface area contributed by atoms with Crippen molar-refractivity contribution in [2.75, 3.05) is 0 Å². The summed E-state index contributed by atoms with van der Waals surface area (Å²) in [6, 6.07) is 1.35. The number of carboxylic acid groups (broad SMARTS) is 1. The summed E-state index contributed by atoms with van der Waals surface area (Å²) in [5, 5.41) is 9.11. The smallest absolute Gasteiger partial charge is 0.344 e. The molecule has 0 aliphatic heterocycles. The Balaban J connectivity index is 2.96. The zero-order valence-electron chi connectivity index (χ0n) is 8.21. The lowest BCUT2D eigenvalue weighted by Gasteiger charge is -2.13. The molecule has 88 valence electrons. The molecule has 0 aliphatic carbocycles. The molecule has 1 aromatic rings. The van der Waals surface area contributed by atoms with Crippen molar-refractivity contribution in [1.29, 1.82) is 0 Å². The van der Waals surface area contributed by atoms with Crippen molar-refractivity contribution in [1.82, 2.24) is 4.98 Å². The van der Waals surface area contributed by atoms with Crippen molar-refractivity contribution in [2.24, 2.45) is 0 Å². The van der Waals surface area contributed by atoms with Crippen LogP contribution in [-0.4, -0.2) is 22.2 Å². The van der Waals surface area contributed by atoms with E-state index in [0.717, 1.165) is 0 Å². The molecule has 0 amide bonds. The molecule has 16 heavy (non-hydrogen) atoms. The lowest BCUT2D eigenvalue weighted by Crippen LogP contribution is -2.26. The third-order valence-corrected chi connectivity index (χ3v) is 2.70. The SMILES string of the molecule is CCC(Oc1nc(Cl)c(Cl)cc1Cl)C(=O)O. The van der Waals surface area contributed by atoms with Gasteiger partial charge in [-0.1, -0.05) is 41.7 Å². The third-order valence-electron chi connectivity index (χ3n) is 1.75. The van der Waals surface area contributed by atoms with Gasteiger partial charge in [0.05, 0.1) is 5.02 Å². The topological polar surface area (TPSA) is 59.4 Å². The molecule has 0 radical (unpaired) electrons. The second-order valence-electron chi connectivity index (χ2n) is 2.90. The van der Waals surface area contributed by atoms with Crippen LogP contribution < -0.4 is 4.74 Å². The van der Waals surface area contributed by atoms with Crippen LogP contribution >= 0.6 is 34.8 Å². The Kier molecular flexibility index (Phi) is 4.65. The summed E-state index contributed by atoms with van der Waals surface area (Å²) in [5.74, 6) is -1.13. The van der Waals surface area contributed by atoms with E-state index in [1.54, 1.807) is 6.92 Å². The number of nitrogens with zero attached hydrogens (tertiary/aromatic N) is 1. The van der Waals surface area contributed by atoms with Crippen LogP contribution in [0.2, 0.25) is 15.2 Å². The highest BCUT2D eigenvalue weighted by atomic mass is 35.5. The number of pyridine rings is 1. The van der Waals surface area contributed by atoms with E-state index in [4.69, 9.17) is 44.6 Å². The first-order valence-corrected chi connectivity index (χ1v) is 5.50. The van der Waals surface area contributed by atoms with Crippen LogP contribution in [0, 0.1) is 0 Å². The quantitative estimate of drug-likeness (QED) is 0.862. The molecule has 0 spiro atoms. The Morgan fingerprint density at radius 3 is 2.62 bits per heavy atom. The van der Waals surface area contributed by atoms with Crippen molar-refractivity contribution in [2.45, 2.75) is 19.4 Å². The predicted molar refractivity (Wildman–Crippen MR) is 61.6 cm³/mol. The minimum absolute atomic E-state index is 0.0151. The fourth-order valence-electron chi connectivity index (χ4n) is 0.954. The van der Waals surface area contributed by atoms with Gasteiger partial charge in [0.2, 0.25) is 5.88 Å². The lowest BCUT2D eigenvalue weighted by atomic mass is 10.3. The van der Waals surface area contributed by atoms with Gasteiger partial charge in [-0.25, -0.2) is 4.79 Å². The van der Waals surface area contributed by atoms with Gasteiger partial charge in [0.15, 0.2) is 11.3 Å². The van der Waals surface area contributed by atoms with Gasteiger partial charge < -0.3 is 9.84 Å². The molecule has 1 rings (SSSR count). The van der Waals surface area contributed by atoms with E-state index in [9.17, 15) is 4.79 Å². The number of carboxylic acids is 1. The van der Waals surface area contributed by atoms with Gasteiger partial charge in [0, 0.05) is 0 Å². The van der Waals surface area contributed by atoms with E-state index in [1.165, 1.54) is 6.07 Å². The Hall–Kier alpha value is -0.710. The normalized spacial score (nSPS) is 12.2. The molecular formula is C9H8Cl3NO3. The number of rotatable bonds is 4. The second-order valence-corrected chi connectivity index (χ2v) is 4.07. The number of aliphatic carboxylic acids is 1. The second kappa shape index (κ2) is 5.57. The maximum absolute atomic E-state index is 10.7. The molecule has 0 saturated carbocycles. The van der Waals surface area contributed by atoms with Gasteiger partial charge in [0.1, 0.15) is 5.02 Å². The fraction of sp³-hybridized carbons (Fsp3) is 0.333. The van der Waals surface area contributed by atoms with Crippen LogP contribution in [0.4, 0.5) is 0 Å². The number of halogens is 3. The van der Waals surface area contributed by atoms with E-state index in [0.29, 0.717) is 0 Å². The minimum atomic E-state index is -1.09. The predicted octanol–water partition coefficient (Wildman–Crippen LogP) is 3.28. The van der Waals surface area contributed by atoms with Gasteiger partial charge in [-0.15, -0.1) is 0 Å². The largest absolute Gasteiger partial charge is 0.479 e. The Labute approximate surface area is 107 Å². The maximum atomic E-state index is 10.7. The number of carbonyl (C=O) groups is 1. The fourth-order valence-corrected chi connectivity index (χ4v) is 1.49. The molecule has 0 bridgehead atoms. The molecule has 1 atom stereocenters. The summed E-state index contributed by atoms with van der Waals surface area (Å²) in [4.78, 5) is 14.5. The molecule has 0 aliphatic rings. The molecule has 1 aromatic heterocycles. The van der Waals surface area contributed by atoms with E-state index < -0.39 is 12.1 Å². The summed E-state index contributed by atoms with van der Waals surface area (Å²) < 4.78 is 5.11. The molecule has 0 saturated heterocycles. The number of aromatic nitrogens is 1. The molecular weight excluding hydrogens is 276 g/mol. The molecule has 0 aromatic carbocycles. The molecule has 0 fully saturated rings. The zero-order chi connectivity index (χ0) is 12.3. The van der Waals surface area contributed by atoms with Crippen molar-refractivity contribution in [3.8, 4) is 5.88 Å². The van der Waals surface area contributed by atoms with Crippen molar-refractivity contribution in [3.05, 3.63) is 21.3 Å². The highest BCUT2D eigenvalue weighted by Gasteiger charge is 2.20. The summed E-state index contributed by atoms with van der Waals surface area (Å²) >= 11 is 17.1. The van der Waals surface area contributed by atoms with Gasteiger partial charge in [0.25, 0.3) is 0 Å². The van der Waals surface area contributed by atoms with Crippen molar-refractivity contribution in [3.63, 3.8) is 0 Å². The average molecular weight is 285 g/mol. The van der Waals surface area contributed by atoms with Crippen LogP contribution in [0.15, 0.2) is 6.07 Å². The van der Waals surface area contributed by atoms with Gasteiger partial charge in [-0.3, -0.25) is 0 Å². The lowest BCUT2D eigenvalue weighted by molar-refractivity contribution is -0.145. The van der Waals surface area contributed by atoms with Crippen molar-refractivity contribution < 1.29 is 14.6 Å². The average Bonchev–Trinajstić information content (AvgIpc) is 2.21. The number of hydrogen-bond acceptors (Lipinski definition) is 3. The van der Waals surface area contributed by atoms with E-state index >= 15 is 0 Å². The molecule has 1 heterocycles. The Bertz CT molecular complexity index is 411. The van der Waals surface area contributed by atoms with E-state index in [-0.39, 0.29) is 27.5 Å². The third kappa shape index (κ3) is 3.14. The van der Waals surface area contributed by atoms with Gasteiger partial charge >= 0.3 is 5.97 Å². The first-order valence-electron chi connectivity index (χ1n) is 4.36. The first kappa shape index (κ1) is 13.4. The summed E-state index contributed by atoms with van der Waals surface area (Å²) in [5.41, 5.74) is 0. The summed E-state index contributed by atoms with van der Waals surface area (Å²) in [6.07, 6.45) is -0.727. The molecule has 1 N–H and O–H groups in total. The Morgan fingerprint density at radius 2 is 2.12 bits per heavy atom. The highest BCUT2D eigenvalue weighted by Crippen LogP contribution is 2.31. The minimum Gasteiger partial charge on any atom is -0.479 e. The van der Waals surface area contributed by atoms with Crippen LogP contribution in [-0.2, 0) is 4.79 Å². The monoisotopic (exact) mass is 283 g/mol. The molecule has 7 heteroatoms. The van der Waals surface area contributed by atoms with Crippen LogP contribution in [0.25, 0.3) is 0 Å². The molecule has 1 unspecified atom stereocenters. The van der Waals surface area contributed by atoms with Gasteiger partial charge in [-0.2, -0.15) is 4.98 Å². The van der Waals surface area contributed by atoms with E-state index in [2.05, 4.69) is 4.98 Å². The standard InChI is InChI=1S/C9H8Cl3NO3/c1-2-6(9(14)15)16-8-5(11)3-4(10)7(12)13-8/h3,6H,2H2,1H3,(H,14,15). The summed E-state index contributed by atoms with van der Waals surface area (Å²) in [6.45, 7) is 1.67. The first-order chi connectivity index (χ1) is 7.45. The molecule has 4 nitrogen and oxygen atoms in total. The number of hydrogen-bond donors (Lipinski definition) is 1.